The van der Waals surface area contributed by atoms with Gasteiger partial charge in [-0.15, -0.1) is 0 Å². The van der Waals surface area contributed by atoms with E-state index in [1.807, 2.05) is 30.3 Å². The smallest absolute Gasteiger partial charge is 0.129 e. The first-order chi connectivity index (χ1) is 10.2. The van der Waals surface area contributed by atoms with Crippen molar-refractivity contribution in [2.45, 2.75) is 39.5 Å². The predicted molar refractivity (Wildman–Crippen MR) is 83.8 cm³/mol. The summed E-state index contributed by atoms with van der Waals surface area (Å²) in [6.45, 7) is 5.30. The molecule has 0 aromatic heterocycles. The van der Waals surface area contributed by atoms with Crippen LogP contribution in [0.2, 0.25) is 0 Å². The third kappa shape index (κ3) is 4.57. The molecule has 2 aromatic carbocycles. The third-order valence-corrected chi connectivity index (χ3v) is 3.57. The number of halogens is 1. The minimum atomic E-state index is -0.229. The van der Waals surface area contributed by atoms with Gasteiger partial charge < -0.3 is 10.1 Å². The molecule has 2 rings (SSSR count). The van der Waals surface area contributed by atoms with E-state index in [2.05, 4.69) is 19.2 Å². The Bertz CT molecular complexity index is 571. The molecule has 0 bridgehead atoms. The Morgan fingerprint density at radius 1 is 1.05 bits per heavy atom. The molecule has 0 amide bonds. The summed E-state index contributed by atoms with van der Waals surface area (Å²) in [6.07, 6.45) is 1.08. The lowest BCUT2D eigenvalue weighted by molar-refractivity contribution is 0.295. The number of para-hydroxylation sites is 1. The molecule has 2 aromatic rings. The number of ether oxygens (including phenoxy) is 1. The van der Waals surface area contributed by atoms with Crippen molar-refractivity contribution in [1.82, 2.24) is 5.32 Å². The molecule has 1 atom stereocenters. The van der Waals surface area contributed by atoms with E-state index in [4.69, 9.17) is 4.74 Å². The predicted octanol–water partition coefficient (Wildman–Crippen LogP) is 4.29. The summed E-state index contributed by atoms with van der Waals surface area (Å²) in [7, 11) is 0. The lowest BCUT2D eigenvalue weighted by Gasteiger charge is -2.15. The van der Waals surface area contributed by atoms with Crippen LogP contribution in [-0.2, 0) is 13.2 Å². The van der Waals surface area contributed by atoms with E-state index < -0.39 is 0 Å². The normalized spacial score (nSPS) is 12.1. The number of rotatable bonds is 7. The summed E-state index contributed by atoms with van der Waals surface area (Å²) >= 11 is 0. The van der Waals surface area contributed by atoms with Crippen molar-refractivity contribution in [2.24, 2.45) is 0 Å². The van der Waals surface area contributed by atoms with Crippen LogP contribution in [0, 0.1) is 5.82 Å². The molecule has 0 saturated carbocycles. The minimum absolute atomic E-state index is 0.229. The quantitative estimate of drug-likeness (QED) is 0.820. The standard InChI is InChI=1S/C18H22FNO/c1-3-14(2)20-12-15-8-5-7-11-18(15)21-13-16-9-4-6-10-17(16)19/h4-11,14,20H,3,12-13H2,1-2H3/t14-/m0/s1. The van der Waals surface area contributed by atoms with Gasteiger partial charge in [0.05, 0.1) is 0 Å². The molecule has 112 valence electrons. The fraction of sp³-hybridized carbons (Fsp3) is 0.333. The zero-order chi connectivity index (χ0) is 15.1. The van der Waals surface area contributed by atoms with Gasteiger partial charge in [-0.1, -0.05) is 43.3 Å². The molecule has 0 aliphatic heterocycles. The molecule has 0 saturated heterocycles. The van der Waals surface area contributed by atoms with Crippen LogP contribution in [0.4, 0.5) is 4.39 Å². The number of hydrogen-bond acceptors (Lipinski definition) is 2. The van der Waals surface area contributed by atoms with Gasteiger partial charge in [-0.05, 0) is 25.5 Å². The van der Waals surface area contributed by atoms with Gasteiger partial charge in [0.2, 0.25) is 0 Å². The number of benzene rings is 2. The minimum Gasteiger partial charge on any atom is -0.488 e. The summed E-state index contributed by atoms with van der Waals surface area (Å²) in [5, 5.41) is 3.44. The van der Waals surface area contributed by atoms with Crippen LogP contribution in [0.1, 0.15) is 31.4 Å². The summed E-state index contributed by atoms with van der Waals surface area (Å²) in [6, 6.07) is 15.0. The monoisotopic (exact) mass is 287 g/mol. The first-order valence-corrected chi connectivity index (χ1v) is 7.38. The lowest BCUT2D eigenvalue weighted by atomic mass is 10.1. The summed E-state index contributed by atoms with van der Waals surface area (Å²) in [4.78, 5) is 0. The van der Waals surface area contributed by atoms with E-state index in [0.717, 1.165) is 24.3 Å². The van der Waals surface area contributed by atoms with Gasteiger partial charge in [-0.3, -0.25) is 0 Å². The van der Waals surface area contributed by atoms with Gasteiger partial charge in [0.15, 0.2) is 0 Å². The first kappa shape index (κ1) is 15.5. The highest BCUT2D eigenvalue weighted by Gasteiger charge is 2.06. The average Bonchev–Trinajstić information content (AvgIpc) is 2.52. The Labute approximate surface area is 126 Å². The zero-order valence-corrected chi connectivity index (χ0v) is 12.6. The van der Waals surface area contributed by atoms with E-state index in [9.17, 15) is 4.39 Å². The molecule has 0 heterocycles. The maximum atomic E-state index is 13.6. The highest BCUT2D eigenvalue weighted by atomic mass is 19.1. The van der Waals surface area contributed by atoms with E-state index >= 15 is 0 Å². The number of hydrogen-bond donors (Lipinski definition) is 1. The van der Waals surface area contributed by atoms with Gasteiger partial charge >= 0.3 is 0 Å². The van der Waals surface area contributed by atoms with Crippen LogP contribution >= 0.6 is 0 Å². The Morgan fingerprint density at radius 2 is 1.71 bits per heavy atom. The van der Waals surface area contributed by atoms with Crippen LogP contribution in [0.25, 0.3) is 0 Å². The van der Waals surface area contributed by atoms with E-state index in [0.29, 0.717) is 11.6 Å². The van der Waals surface area contributed by atoms with Crippen molar-refractivity contribution in [3.05, 3.63) is 65.5 Å². The van der Waals surface area contributed by atoms with Crippen molar-refractivity contribution in [1.29, 1.82) is 0 Å². The summed E-state index contributed by atoms with van der Waals surface area (Å²) in [5.74, 6) is 0.573. The van der Waals surface area contributed by atoms with Crippen LogP contribution < -0.4 is 10.1 Å². The molecule has 3 heteroatoms. The summed E-state index contributed by atoms with van der Waals surface area (Å²) < 4.78 is 19.4. The zero-order valence-electron chi connectivity index (χ0n) is 12.6. The molecule has 0 radical (unpaired) electrons. The molecule has 0 aliphatic rings. The molecular weight excluding hydrogens is 265 g/mol. The second-order valence-corrected chi connectivity index (χ2v) is 5.18. The van der Waals surface area contributed by atoms with Crippen LogP contribution in [0.3, 0.4) is 0 Å². The fourth-order valence-electron chi connectivity index (χ4n) is 1.99. The first-order valence-electron chi connectivity index (χ1n) is 7.38. The van der Waals surface area contributed by atoms with Crippen molar-refractivity contribution in [3.8, 4) is 5.75 Å². The van der Waals surface area contributed by atoms with Crippen LogP contribution in [0.5, 0.6) is 5.75 Å². The van der Waals surface area contributed by atoms with Gasteiger partial charge in [0, 0.05) is 23.7 Å². The molecule has 0 fully saturated rings. The van der Waals surface area contributed by atoms with E-state index in [1.165, 1.54) is 6.07 Å². The van der Waals surface area contributed by atoms with Crippen LogP contribution in [-0.4, -0.2) is 6.04 Å². The topological polar surface area (TPSA) is 21.3 Å². The third-order valence-electron chi connectivity index (χ3n) is 3.57. The molecule has 21 heavy (non-hydrogen) atoms. The van der Waals surface area contributed by atoms with Gasteiger partial charge in [0.25, 0.3) is 0 Å². The highest BCUT2D eigenvalue weighted by molar-refractivity contribution is 5.33. The molecule has 0 aliphatic carbocycles. The molecular formula is C18H22FNO. The number of nitrogens with one attached hydrogen (secondary N) is 1. The van der Waals surface area contributed by atoms with E-state index in [1.54, 1.807) is 12.1 Å². The Kier molecular flexibility index (Phi) is 5.76. The van der Waals surface area contributed by atoms with Gasteiger partial charge in [-0.2, -0.15) is 0 Å². The van der Waals surface area contributed by atoms with Crippen LogP contribution in [0.15, 0.2) is 48.5 Å². The molecule has 0 unspecified atom stereocenters. The largest absolute Gasteiger partial charge is 0.488 e. The van der Waals surface area contributed by atoms with Crippen molar-refractivity contribution in [2.75, 3.05) is 0 Å². The lowest BCUT2D eigenvalue weighted by Crippen LogP contribution is -2.24. The van der Waals surface area contributed by atoms with Gasteiger partial charge in [-0.25, -0.2) is 4.39 Å². The van der Waals surface area contributed by atoms with Crippen molar-refractivity contribution < 1.29 is 9.13 Å². The maximum absolute atomic E-state index is 13.6. The fourth-order valence-corrected chi connectivity index (χ4v) is 1.99. The van der Waals surface area contributed by atoms with Gasteiger partial charge in [0.1, 0.15) is 18.2 Å². The average molecular weight is 287 g/mol. The molecule has 1 N–H and O–H groups in total. The van der Waals surface area contributed by atoms with Crippen molar-refractivity contribution in [3.63, 3.8) is 0 Å². The maximum Gasteiger partial charge on any atom is 0.129 e. The SMILES string of the molecule is CC[C@H](C)NCc1ccccc1OCc1ccccc1F. The summed E-state index contributed by atoms with van der Waals surface area (Å²) in [5.41, 5.74) is 1.66. The Morgan fingerprint density at radius 3 is 2.43 bits per heavy atom. The molecule has 0 spiro atoms. The second kappa shape index (κ2) is 7.79. The van der Waals surface area contributed by atoms with E-state index in [-0.39, 0.29) is 12.4 Å². The Balaban J connectivity index is 2.01. The molecule has 2 nitrogen and oxygen atoms in total. The Hall–Kier alpha value is -1.87. The van der Waals surface area contributed by atoms with Crippen molar-refractivity contribution >= 4 is 0 Å². The second-order valence-electron chi connectivity index (χ2n) is 5.18. The highest BCUT2D eigenvalue weighted by Crippen LogP contribution is 2.20.